The lowest BCUT2D eigenvalue weighted by molar-refractivity contribution is 0.0984. The van der Waals surface area contributed by atoms with Crippen LogP contribution in [-0.4, -0.2) is 37.3 Å². The number of nitrogens with one attached hydrogen (secondary N) is 1. The number of hydrogen-bond donors (Lipinski definition) is 1. The molecule has 8 nitrogen and oxygen atoms in total. The third-order valence-corrected chi connectivity index (χ3v) is 4.54. The number of anilines is 2. The van der Waals surface area contributed by atoms with Crippen LogP contribution in [0.1, 0.15) is 29.5 Å². The maximum Gasteiger partial charge on any atom is 0.182 e. The van der Waals surface area contributed by atoms with Gasteiger partial charge in [0.1, 0.15) is 11.4 Å². The number of methoxy groups -OCH3 is 1. The molecule has 3 aromatic heterocycles. The summed E-state index contributed by atoms with van der Waals surface area (Å²) in [7, 11) is 1.64. The molecule has 0 unspecified atom stereocenters. The highest BCUT2D eigenvalue weighted by Gasteiger charge is 2.12. The van der Waals surface area contributed by atoms with Crippen molar-refractivity contribution >= 4 is 60.0 Å². The monoisotopic (exact) mass is 501 g/mol. The van der Waals surface area contributed by atoms with E-state index >= 15 is 0 Å². The molecular formula is C21H26Cl3N5O3. The van der Waals surface area contributed by atoms with Crippen molar-refractivity contribution < 1.29 is 15.0 Å². The predicted octanol–water partition coefficient (Wildman–Crippen LogP) is 4.61. The fourth-order valence-corrected chi connectivity index (χ4v) is 3.10. The molecule has 3 heterocycles. The molecule has 0 aliphatic heterocycles. The van der Waals surface area contributed by atoms with Gasteiger partial charge >= 0.3 is 0 Å². The van der Waals surface area contributed by atoms with Gasteiger partial charge in [-0.15, -0.1) is 37.2 Å². The van der Waals surface area contributed by atoms with Gasteiger partial charge in [0, 0.05) is 36.8 Å². The lowest BCUT2D eigenvalue weighted by Crippen LogP contribution is -1.99. The molecule has 0 aliphatic rings. The van der Waals surface area contributed by atoms with Crippen molar-refractivity contribution in [3.05, 3.63) is 66.6 Å². The number of Topliss-reactive ketones (excluding diaryl/α,β-unsaturated/α-hetero) is 1. The number of nitrogens with zero attached hydrogens (tertiary/aromatic N) is 4. The minimum absolute atomic E-state index is 0. The van der Waals surface area contributed by atoms with Crippen LogP contribution >= 0.6 is 37.2 Å². The lowest BCUT2D eigenvalue weighted by Gasteiger charge is -2.13. The minimum atomic E-state index is 0. The number of carbonyl (C=O) groups is 1. The quantitative estimate of drug-likeness (QED) is 0.388. The molecule has 4 rings (SSSR count). The highest BCUT2D eigenvalue weighted by atomic mass is 35.5. The van der Waals surface area contributed by atoms with Crippen molar-refractivity contribution in [1.29, 1.82) is 0 Å². The van der Waals surface area contributed by atoms with Crippen LogP contribution in [0, 0.1) is 6.92 Å². The van der Waals surface area contributed by atoms with Crippen molar-refractivity contribution in [2.24, 2.45) is 0 Å². The van der Waals surface area contributed by atoms with Gasteiger partial charge in [0.2, 0.25) is 0 Å². The normalized spacial score (nSPS) is 9.59. The Bertz CT molecular complexity index is 1180. The van der Waals surface area contributed by atoms with Crippen LogP contribution in [0.5, 0.6) is 5.75 Å². The number of halogens is 3. The van der Waals surface area contributed by atoms with Crippen LogP contribution in [0.2, 0.25) is 0 Å². The molecule has 0 aliphatic carbocycles. The summed E-state index contributed by atoms with van der Waals surface area (Å²) in [4.78, 5) is 20.8. The zero-order valence-corrected chi connectivity index (χ0v) is 20.2. The first-order valence-corrected chi connectivity index (χ1v) is 9.06. The average Bonchev–Trinajstić information content (AvgIpc) is 3.34. The molecule has 1 aromatic carbocycles. The molecule has 4 aromatic rings. The number of benzene rings is 1. The van der Waals surface area contributed by atoms with Crippen LogP contribution < -0.4 is 10.1 Å². The third-order valence-electron chi connectivity index (χ3n) is 4.54. The van der Waals surface area contributed by atoms with Crippen LogP contribution in [-0.2, 0) is 0 Å². The summed E-state index contributed by atoms with van der Waals surface area (Å²) in [6.45, 7) is 3.78. The summed E-state index contributed by atoms with van der Waals surface area (Å²) >= 11 is 0. The Morgan fingerprint density at radius 3 is 2.53 bits per heavy atom. The summed E-state index contributed by atoms with van der Waals surface area (Å²) in [6.07, 6.45) is 7.78. The van der Waals surface area contributed by atoms with E-state index in [0.29, 0.717) is 17.8 Å². The van der Waals surface area contributed by atoms with E-state index in [9.17, 15) is 4.79 Å². The molecule has 0 amide bonds. The lowest BCUT2D eigenvalue weighted by atomic mass is 10.2. The average molecular weight is 503 g/mol. The molecule has 3 N–H and O–H groups in total. The molecule has 0 fully saturated rings. The second-order valence-corrected chi connectivity index (χ2v) is 6.49. The van der Waals surface area contributed by atoms with Gasteiger partial charge in [0.15, 0.2) is 11.4 Å². The summed E-state index contributed by atoms with van der Waals surface area (Å²) < 4.78 is 9.35. The van der Waals surface area contributed by atoms with Gasteiger partial charge < -0.3 is 24.5 Å². The Hall–Kier alpha value is -2.78. The first-order valence-electron chi connectivity index (χ1n) is 9.06. The van der Waals surface area contributed by atoms with Gasteiger partial charge in [0.25, 0.3) is 0 Å². The summed E-state index contributed by atoms with van der Waals surface area (Å²) in [6, 6.07) is 9.71. The van der Waals surface area contributed by atoms with Gasteiger partial charge in [0.05, 0.1) is 30.5 Å². The van der Waals surface area contributed by atoms with E-state index in [2.05, 4.69) is 15.3 Å². The molecule has 0 atom stereocenters. The fraction of sp³-hybridized carbons (Fsp3) is 0.190. The number of ether oxygens (including phenoxy) is 1. The van der Waals surface area contributed by atoms with E-state index in [1.165, 1.54) is 0 Å². The number of hydrogen-bond acceptors (Lipinski definition) is 5. The van der Waals surface area contributed by atoms with Gasteiger partial charge in [-0.25, -0.2) is 9.97 Å². The molecule has 0 bridgehead atoms. The zero-order chi connectivity index (χ0) is 19.7. The smallest absolute Gasteiger partial charge is 0.182 e. The molecule has 0 saturated heterocycles. The number of aryl methyl sites for hydroxylation is 1. The van der Waals surface area contributed by atoms with Crippen LogP contribution in [0.4, 0.5) is 11.4 Å². The zero-order valence-electron chi connectivity index (χ0n) is 17.7. The third kappa shape index (κ3) is 5.72. The first-order chi connectivity index (χ1) is 13.6. The Balaban J connectivity index is 0.00000240. The number of rotatable bonds is 6. The Kier molecular flexibility index (Phi) is 11.2. The number of fused-ring (bicyclic) bond motifs is 1. The Morgan fingerprint density at radius 1 is 1.16 bits per heavy atom. The standard InChI is InChI=1S/C21H21N5O2.3ClH.H2O/c1-4-19(27)17-12-25-9-5-6-16(21(25)24-17)23-15-7-8-18(20(10-15)28-3)26-11-14(2)22-13-26;;;;/h5-13,23H,4H2,1-3H3;3*1H;1H2. The second-order valence-electron chi connectivity index (χ2n) is 6.49. The maximum absolute atomic E-state index is 12.0. The van der Waals surface area contributed by atoms with Crippen molar-refractivity contribution in [2.45, 2.75) is 20.3 Å². The highest BCUT2D eigenvalue weighted by Crippen LogP contribution is 2.29. The van der Waals surface area contributed by atoms with E-state index in [1.54, 1.807) is 19.6 Å². The highest BCUT2D eigenvalue weighted by molar-refractivity contribution is 5.95. The van der Waals surface area contributed by atoms with Crippen LogP contribution in [0.3, 0.4) is 0 Å². The first kappa shape index (κ1) is 29.2. The molecule has 11 heteroatoms. The van der Waals surface area contributed by atoms with Crippen molar-refractivity contribution in [3.63, 3.8) is 0 Å². The summed E-state index contributed by atoms with van der Waals surface area (Å²) in [5.41, 5.74) is 4.69. The second kappa shape index (κ2) is 12.3. The van der Waals surface area contributed by atoms with Crippen molar-refractivity contribution in [2.75, 3.05) is 12.4 Å². The predicted molar refractivity (Wildman–Crippen MR) is 133 cm³/mol. The fourth-order valence-electron chi connectivity index (χ4n) is 3.10. The molecule has 32 heavy (non-hydrogen) atoms. The number of pyridine rings is 1. The minimum Gasteiger partial charge on any atom is -0.494 e. The number of aromatic nitrogens is 4. The Morgan fingerprint density at radius 2 is 1.91 bits per heavy atom. The SMILES string of the molecule is CCC(=O)c1cn2cccc(Nc3ccc(-n4cnc(C)c4)c(OC)c3)c2n1.Cl.Cl.Cl.O. The van der Waals surface area contributed by atoms with Gasteiger partial charge in [-0.05, 0) is 31.2 Å². The number of ketones is 1. The topological polar surface area (TPSA) is 105 Å². The van der Waals surface area contributed by atoms with E-state index in [0.717, 1.165) is 28.5 Å². The van der Waals surface area contributed by atoms with Gasteiger partial charge in [-0.2, -0.15) is 0 Å². The maximum atomic E-state index is 12.0. The van der Waals surface area contributed by atoms with Gasteiger partial charge in [-0.3, -0.25) is 4.79 Å². The number of carbonyl (C=O) groups excluding carboxylic acids is 1. The molecular weight excluding hydrogens is 477 g/mol. The molecule has 0 radical (unpaired) electrons. The van der Waals surface area contributed by atoms with E-state index in [1.807, 2.05) is 65.5 Å². The molecule has 174 valence electrons. The van der Waals surface area contributed by atoms with Crippen molar-refractivity contribution in [3.8, 4) is 11.4 Å². The van der Waals surface area contributed by atoms with Crippen LogP contribution in [0.15, 0.2) is 55.2 Å². The van der Waals surface area contributed by atoms with E-state index in [-0.39, 0.29) is 48.5 Å². The summed E-state index contributed by atoms with van der Waals surface area (Å²) in [5, 5.41) is 3.38. The largest absolute Gasteiger partial charge is 0.494 e. The number of imidazole rings is 2. The van der Waals surface area contributed by atoms with E-state index in [4.69, 9.17) is 4.74 Å². The van der Waals surface area contributed by atoms with Gasteiger partial charge in [-0.1, -0.05) is 6.92 Å². The molecule has 0 spiro atoms. The Labute approximate surface area is 204 Å². The van der Waals surface area contributed by atoms with E-state index < -0.39 is 0 Å². The summed E-state index contributed by atoms with van der Waals surface area (Å²) in [5.74, 6) is 0.746. The molecule has 0 saturated carbocycles. The van der Waals surface area contributed by atoms with Crippen molar-refractivity contribution in [1.82, 2.24) is 18.9 Å². The van der Waals surface area contributed by atoms with Crippen LogP contribution in [0.25, 0.3) is 11.3 Å².